The van der Waals surface area contributed by atoms with Crippen molar-refractivity contribution in [2.75, 3.05) is 4.90 Å². The minimum atomic E-state index is 0.848. The number of anilines is 3. The molecule has 0 amide bonds. The second-order valence-corrected chi connectivity index (χ2v) is 15.7. The van der Waals surface area contributed by atoms with Gasteiger partial charge in [-0.05, 0) is 93.7 Å². The zero-order chi connectivity index (χ0) is 40.3. The number of fused-ring (bicyclic) bond motifs is 7. The standard InChI is InChI=1S/C58H38N2O/c1-2-17-39(18-3-1)41-21-14-23-43(37-41)59(44-24-15-22-42(38-44)46-30-16-20-40-19-4-5-25-45(40)46)55-36-35-50(58-57(55)51-29-9-13-34-56(51)61-58)49-28-8-12-33-54(49)60-52-31-10-6-26-47(52)48-27-7-11-32-53(48)60/h1-38H. The van der Waals surface area contributed by atoms with Crippen LogP contribution in [0.25, 0.3) is 93.6 Å². The van der Waals surface area contributed by atoms with Gasteiger partial charge in [-0.1, -0.05) is 170 Å². The highest BCUT2D eigenvalue weighted by atomic mass is 16.3. The quantitative estimate of drug-likeness (QED) is 0.161. The topological polar surface area (TPSA) is 21.3 Å². The van der Waals surface area contributed by atoms with Gasteiger partial charge in [0, 0.05) is 38.7 Å². The number of furan rings is 1. The Morgan fingerprint density at radius 3 is 1.70 bits per heavy atom. The molecule has 10 aromatic carbocycles. The Bertz CT molecular complexity index is 3550. The molecule has 0 atom stereocenters. The Labute approximate surface area is 353 Å². The van der Waals surface area contributed by atoms with Crippen LogP contribution in [0.1, 0.15) is 0 Å². The molecule has 2 heterocycles. The van der Waals surface area contributed by atoms with Crippen LogP contribution in [-0.2, 0) is 0 Å². The summed E-state index contributed by atoms with van der Waals surface area (Å²) in [4.78, 5) is 2.41. The lowest BCUT2D eigenvalue weighted by Crippen LogP contribution is -2.11. The summed E-state index contributed by atoms with van der Waals surface area (Å²) in [5, 5.41) is 7.05. The summed E-state index contributed by atoms with van der Waals surface area (Å²) < 4.78 is 9.45. The van der Waals surface area contributed by atoms with Crippen molar-refractivity contribution in [2.24, 2.45) is 0 Å². The molecular weight excluding hydrogens is 741 g/mol. The van der Waals surface area contributed by atoms with Crippen LogP contribution in [0.3, 0.4) is 0 Å². The lowest BCUT2D eigenvalue weighted by atomic mass is 9.96. The largest absolute Gasteiger partial charge is 0.455 e. The Kier molecular flexibility index (Phi) is 8.17. The van der Waals surface area contributed by atoms with Crippen LogP contribution < -0.4 is 4.90 Å². The van der Waals surface area contributed by atoms with Crippen molar-refractivity contribution in [1.82, 2.24) is 4.57 Å². The normalized spacial score (nSPS) is 11.6. The van der Waals surface area contributed by atoms with Gasteiger partial charge in [0.15, 0.2) is 0 Å². The molecule has 286 valence electrons. The molecule has 0 unspecified atom stereocenters. The van der Waals surface area contributed by atoms with Crippen LogP contribution in [0.5, 0.6) is 0 Å². The van der Waals surface area contributed by atoms with E-state index in [4.69, 9.17) is 4.42 Å². The number of benzene rings is 10. The number of para-hydroxylation sites is 4. The van der Waals surface area contributed by atoms with Gasteiger partial charge in [-0.25, -0.2) is 0 Å². The lowest BCUT2D eigenvalue weighted by Gasteiger charge is -2.28. The van der Waals surface area contributed by atoms with Gasteiger partial charge in [-0.3, -0.25) is 0 Å². The van der Waals surface area contributed by atoms with Crippen molar-refractivity contribution in [3.63, 3.8) is 0 Å². The first-order valence-electron chi connectivity index (χ1n) is 20.8. The third-order valence-electron chi connectivity index (χ3n) is 12.2. The van der Waals surface area contributed by atoms with Gasteiger partial charge in [0.2, 0.25) is 0 Å². The Morgan fingerprint density at radius 1 is 0.361 bits per heavy atom. The summed E-state index contributed by atoms with van der Waals surface area (Å²) >= 11 is 0. The molecule has 0 aliphatic heterocycles. The molecule has 61 heavy (non-hydrogen) atoms. The minimum Gasteiger partial charge on any atom is -0.455 e. The maximum Gasteiger partial charge on any atom is 0.145 e. The molecule has 0 aliphatic carbocycles. The van der Waals surface area contributed by atoms with Gasteiger partial charge < -0.3 is 13.9 Å². The average Bonchev–Trinajstić information content (AvgIpc) is 3.89. The van der Waals surface area contributed by atoms with Gasteiger partial charge in [-0.2, -0.15) is 0 Å². The van der Waals surface area contributed by atoms with Crippen molar-refractivity contribution in [3.05, 3.63) is 231 Å². The van der Waals surface area contributed by atoms with Crippen LogP contribution in [0.2, 0.25) is 0 Å². The first-order chi connectivity index (χ1) is 30.3. The summed E-state index contributed by atoms with van der Waals surface area (Å²) in [7, 11) is 0. The number of hydrogen-bond acceptors (Lipinski definition) is 2. The molecule has 0 bridgehead atoms. The van der Waals surface area contributed by atoms with E-state index in [1.807, 2.05) is 0 Å². The summed E-state index contributed by atoms with van der Waals surface area (Å²) in [5.74, 6) is 0. The fraction of sp³-hybridized carbons (Fsp3) is 0. The van der Waals surface area contributed by atoms with Crippen LogP contribution in [0, 0.1) is 0 Å². The maximum atomic E-state index is 7.05. The average molecular weight is 779 g/mol. The van der Waals surface area contributed by atoms with Crippen molar-refractivity contribution >= 4 is 71.6 Å². The van der Waals surface area contributed by atoms with Crippen molar-refractivity contribution in [1.29, 1.82) is 0 Å². The van der Waals surface area contributed by atoms with E-state index in [0.717, 1.165) is 66.9 Å². The third-order valence-corrected chi connectivity index (χ3v) is 12.2. The molecule has 0 aliphatic rings. The van der Waals surface area contributed by atoms with Gasteiger partial charge in [-0.15, -0.1) is 0 Å². The molecule has 12 rings (SSSR count). The van der Waals surface area contributed by atoms with Crippen LogP contribution in [0.15, 0.2) is 235 Å². The molecule has 0 spiro atoms. The van der Waals surface area contributed by atoms with E-state index in [-0.39, 0.29) is 0 Å². The molecule has 0 saturated heterocycles. The second-order valence-electron chi connectivity index (χ2n) is 15.7. The second kappa shape index (κ2) is 14.3. The predicted octanol–water partition coefficient (Wildman–Crippen LogP) is 16.3. The molecule has 3 heteroatoms. The van der Waals surface area contributed by atoms with Crippen molar-refractivity contribution < 1.29 is 4.42 Å². The summed E-state index contributed by atoms with van der Waals surface area (Å²) in [5.41, 5.74) is 15.1. The van der Waals surface area contributed by atoms with Gasteiger partial charge >= 0.3 is 0 Å². The SMILES string of the molecule is c1ccc(-c2cccc(N(c3cccc(-c4cccc5ccccc45)c3)c3ccc(-c4ccccc4-n4c5ccccc5c5ccccc54)c4oc5ccccc5c34)c2)cc1. The molecule has 0 saturated carbocycles. The smallest absolute Gasteiger partial charge is 0.145 e. The minimum absolute atomic E-state index is 0.848. The Balaban J connectivity index is 1.12. The zero-order valence-corrected chi connectivity index (χ0v) is 33.2. The van der Waals surface area contributed by atoms with E-state index >= 15 is 0 Å². The summed E-state index contributed by atoms with van der Waals surface area (Å²) in [6, 6.07) is 82.8. The van der Waals surface area contributed by atoms with Crippen molar-refractivity contribution in [3.8, 4) is 39.1 Å². The van der Waals surface area contributed by atoms with Crippen LogP contribution in [0.4, 0.5) is 17.1 Å². The van der Waals surface area contributed by atoms with E-state index in [1.54, 1.807) is 0 Å². The summed E-state index contributed by atoms with van der Waals surface area (Å²) in [6.07, 6.45) is 0. The molecule has 2 aromatic heterocycles. The summed E-state index contributed by atoms with van der Waals surface area (Å²) in [6.45, 7) is 0. The van der Waals surface area contributed by atoms with E-state index in [9.17, 15) is 0 Å². The van der Waals surface area contributed by atoms with E-state index in [1.165, 1.54) is 43.7 Å². The molecular formula is C58H38N2O. The zero-order valence-electron chi connectivity index (χ0n) is 33.2. The van der Waals surface area contributed by atoms with Crippen LogP contribution >= 0.6 is 0 Å². The Hall–Kier alpha value is -8.14. The van der Waals surface area contributed by atoms with Crippen LogP contribution in [-0.4, -0.2) is 4.57 Å². The first kappa shape index (κ1) is 34.9. The molecule has 0 N–H and O–H groups in total. The predicted molar refractivity (Wildman–Crippen MR) is 257 cm³/mol. The maximum absolute atomic E-state index is 7.05. The van der Waals surface area contributed by atoms with E-state index in [0.29, 0.717) is 0 Å². The number of aromatic nitrogens is 1. The number of nitrogens with zero attached hydrogens (tertiary/aromatic N) is 2. The third kappa shape index (κ3) is 5.74. The number of hydrogen-bond donors (Lipinski definition) is 0. The fourth-order valence-corrected chi connectivity index (χ4v) is 9.46. The lowest BCUT2D eigenvalue weighted by molar-refractivity contribution is 0.670. The highest BCUT2D eigenvalue weighted by Crippen LogP contribution is 2.48. The molecule has 3 nitrogen and oxygen atoms in total. The van der Waals surface area contributed by atoms with E-state index < -0.39 is 0 Å². The monoisotopic (exact) mass is 778 g/mol. The Morgan fingerprint density at radius 2 is 0.918 bits per heavy atom. The number of rotatable bonds is 7. The van der Waals surface area contributed by atoms with Crippen molar-refractivity contribution in [2.45, 2.75) is 0 Å². The highest BCUT2D eigenvalue weighted by molar-refractivity contribution is 6.18. The highest BCUT2D eigenvalue weighted by Gasteiger charge is 2.25. The van der Waals surface area contributed by atoms with Gasteiger partial charge in [0.1, 0.15) is 11.2 Å². The molecule has 12 aromatic rings. The fourth-order valence-electron chi connectivity index (χ4n) is 9.46. The van der Waals surface area contributed by atoms with E-state index in [2.05, 4.69) is 240 Å². The van der Waals surface area contributed by atoms with Gasteiger partial charge in [0.05, 0.1) is 27.8 Å². The molecule has 0 radical (unpaired) electrons. The first-order valence-corrected chi connectivity index (χ1v) is 20.8. The van der Waals surface area contributed by atoms with Gasteiger partial charge in [0.25, 0.3) is 0 Å². The molecule has 0 fully saturated rings.